The van der Waals surface area contributed by atoms with Gasteiger partial charge in [0.15, 0.2) is 0 Å². The first-order valence-electron chi connectivity index (χ1n) is 2.90. The van der Waals surface area contributed by atoms with Crippen LogP contribution in [0.3, 0.4) is 0 Å². The number of ketones is 1. The van der Waals surface area contributed by atoms with E-state index in [0.717, 1.165) is 21.6 Å². The summed E-state index contributed by atoms with van der Waals surface area (Å²) in [5.41, 5.74) is 0. The smallest absolute Gasteiger partial charge is 0.310 e. The van der Waals surface area contributed by atoms with Crippen molar-refractivity contribution in [2.75, 3.05) is 0 Å². The van der Waals surface area contributed by atoms with Gasteiger partial charge in [0, 0.05) is 0 Å². The van der Waals surface area contributed by atoms with E-state index in [4.69, 9.17) is 5.11 Å². The molecule has 0 aromatic rings. The lowest BCUT2D eigenvalue weighted by molar-refractivity contribution is -0.140. The number of carboxylic acids is 1. The van der Waals surface area contributed by atoms with Crippen LogP contribution in [0.5, 0.6) is 0 Å². The van der Waals surface area contributed by atoms with Crippen LogP contribution in [0.2, 0.25) is 5.28 Å². The van der Waals surface area contributed by atoms with Gasteiger partial charge in [0.1, 0.15) is 12.2 Å². The summed E-state index contributed by atoms with van der Waals surface area (Å²) < 4.78 is 0. The number of carboxylic acid groups (broad SMARTS) is 1. The molecular formula is C5H9AlO3. The normalized spacial score (nSPS) is 8.89. The van der Waals surface area contributed by atoms with Crippen LogP contribution >= 0.6 is 0 Å². The molecule has 0 aromatic carbocycles. The second-order valence-corrected chi connectivity index (χ2v) is 2.86. The Morgan fingerprint density at radius 2 is 2.00 bits per heavy atom. The zero-order valence-corrected chi connectivity index (χ0v) is 7.39. The highest BCUT2D eigenvalue weighted by Gasteiger charge is 2.04. The molecule has 0 saturated heterocycles. The van der Waals surface area contributed by atoms with Gasteiger partial charge in [0.25, 0.3) is 0 Å². The van der Waals surface area contributed by atoms with Crippen molar-refractivity contribution in [2.24, 2.45) is 0 Å². The number of rotatable bonds is 4. The van der Waals surface area contributed by atoms with Crippen molar-refractivity contribution in [1.82, 2.24) is 0 Å². The maximum absolute atomic E-state index is 10.5. The zero-order valence-electron chi connectivity index (χ0n) is 5.39. The van der Waals surface area contributed by atoms with Gasteiger partial charge in [-0.1, -0.05) is 5.28 Å². The summed E-state index contributed by atoms with van der Waals surface area (Å²) in [6.45, 7) is 0. The summed E-state index contributed by atoms with van der Waals surface area (Å²) >= 11 is 0.974. The Morgan fingerprint density at radius 3 is 2.33 bits per heavy atom. The summed E-state index contributed by atoms with van der Waals surface area (Å²) in [4.78, 5) is 20.4. The third kappa shape index (κ3) is 5.55. The predicted molar refractivity (Wildman–Crippen MR) is 35.2 cm³/mol. The van der Waals surface area contributed by atoms with Crippen LogP contribution in [0, 0.1) is 0 Å². The summed E-state index contributed by atoms with van der Waals surface area (Å²) in [6, 6.07) is 0. The van der Waals surface area contributed by atoms with Crippen LogP contribution in [-0.2, 0) is 9.59 Å². The van der Waals surface area contributed by atoms with Crippen molar-refractivity contribution >= 4 is 28.0 Å². The lowest BCUT2D eigenvalue weighted by atomic mass is 10.2. The molecule has 0 aromatic heterocycles. The molecule has 0 radical (unpaired) electrons. The molecule has 0 rings (SSSR count). The molecule has 0 spiro atoms. The fourth-order valence-electron chi connectivity index (χ4n) is 0.536. The number of Topliss-reactive ketones (excluding diaryl/α,β-unsaturated/α-hetero) is 1. The van der Waals surface area contributed by atoms with Crippen LogP contribution in [0.4, 0.5) is 0 Å². The summed E-state index contributed by atoms with van der Waals surface area (Å²) in [6.07, 6.45) is 0.140. The molecule has 3 nitrogen and oxygen atoms in total. The molecule has 0 aliphatic carbocycles. The Hall–Kier alpha value is -0.328. The molecule has 50 valence electrons. The first kappa shape index (κ1) is 8.67. The number of hydrogen-bond donors (Lipinski definition) is 1. The van der Waals surface area contributed by atoms with E-state index >= 15 is 0 Å². The molecular weight excluding hydrogens is 135 g/mol. The van der Waals surface area contributed by atoms with Gasteiger partial charge in [-0.25, -0.2) is 0 Å². The van der Waals surface area contributed by atoms with E-state index in [1.54, 1.807) is 0 Å². The second-order valence-electron chi connectivity index (χ2n) is 1.86. The van der Waals surface area contributed by atoms with Gasteiger partial charge in [-0.15, -0.1) is 0 Å². The van der Waals surface area contributed by atoms with Crippen molar-refractivity contribution in [3.05, 3.63) is 0 Å². The SMILES string of the molecule is O=C(O)CC(=O)C[CH2][AlH2]. The van der Waals surface area contributed by atoms with E-state index in [-0.39, 0.29) is 12.2 Å². The minimum atomic E-state index is -1.02. The van der Waals surface area contributed by atoms with E-state index in [2.05, 4.69) is 0 Å². The van der Waals surface area contributed by atoms with Crippen LogP contribution in [0.1, 0.15) is 12.8 Å². The van der Waals surface area contributed by atoms with Gasteiger partial charge in [-0.3, -0.25) is 9.59 Å². The molecule has 0 saturated carbocycles. The molecule has 0 amide bonds. The van der Waals surface area contributed by atoms with Crippen molar-refractivity contribution in [2.45, 2.75) is 18.1 Å². The van der Waals surface area contributed by atoms with Crippen molar-refractivity contribution in [1.29, 1.82) is 0 Å². The molecule has 0 unspecified atom stereocenters. The van der Waals surface area contributed by atoms with Crippen LogP contribution in [0.15, 0.2) is 0 Å². The Bertz CT molecular complexity index is 121. The third-order valence-electron chi connectivity index (χ3n) is 0.877. The monoisotopic (exact) mass is 144 g/mol. The third-order valence-corrected chi connectivity index (χ3v) is 1.38. The first-order valence-corrected chi connectivity index (χ1v) is 4.31. The highest BCUT2D eigenvalue weighted by atomic mass is 27.0. The van der Waals surface area contributed by atoms with Crippen LogP contribution in [0.25, 0.3) is 0 Å². The fourth-order valence-corrected chi connectivity index (χ4v) is 1.09. The van der Waals surface area contributed by atoms with Gasteiger partial charge in [0.05, 0.1) is 0 Å². The number of aliphatic carboxylic acids is 1. The Balaban J connectivity index is 3.39. The molecule has 0 aliphatic rings. The van der Waals surface area contributed by atoms with E-state index in [9.17, 15) is 9.59 Å². The van der Waals surface area contributed by atoms with E-state index in [0.29, 0.717) is 6.42 Å². The molecule has 0 heterocycles. The molecule has 1 N–H and O–H groups in total. The summed E-state index contributed by atoms with van der Waals surface area (Å²) in [7, 11) is 0. The van der Waals surface area contributed by atoms with Gasteiger partial charge >= 0.3 is 5.97 Å². The van der Waals surface area contributed by atoms with E-state index in [1.807, 2.05) is 0 Å². The molecule has 0 aliphatic heterocycles. The van der Waals surface area contributed by atoms with Crippen LogP contribution in [-0.4, -0.2) is 33.1 Å². The minimum Gasteiger partial charge on any atom is -0.481 e. The standard InChI is InChI=1S/C5H7O3.Al.2H/c1-2-4(6)3-5(7)8;;;/h1-3H2,(H,7,8);;;. The van der Waals surface area contributed by atoms with E-state index in [1.165, 1.54) is 0 Å². The van der Waals surface area contributed by atoms with Crippen molar-refractivity contribution in [3.8, 4) is 0 Å². The zero-order chi connectivity index (χ0) is 7.28. The molecule has 4 heteroatoms. The average Bonchev–Trinajstić information content (AvgIpc) is 1.63. The maximum atomic E-state index is 10.5. The number of hydrogen-bond acceptors (Lipinski definition) is 2. The van der Waals surface area contributed by atoms with Gasteiger partial charge in [-0.05, 0) is 6.42 Å². The quantitative estimate of drug-likeness (QED) is 0.426. The summed E-state index contributed by atoms with van der Waals surface area (Å²) in [5, 5.41) is 8.97. The van der Waals surface area contributed by atoms with Gasteiger partial charge < -0.3 is 5.11 Å². The Labute approximate surface area is 61.5 Å². The lowest BCUT2D eigenvalue weighted by Gasteiger charge is -1.90. The fraction of sp³-hybridized carbons (Fsp3) is 0.600. The van der Waals surface area contributed by atoms with E-state index < -0.39 is 5.97 Å². The predicted octanol–water partition coefficient (Wildman–Crippen LogP) is -0.528. The molecule has 0 fully saturated rings. The summed E-state index contributed by atoms with van der Waals surface area (Å²) in [5.74, 6) is -1.17. The first-order chi connectivity index (χ1) is 4.16. The van der Waals surface area contributed by atoms with Crippen LogP contribution < -0.4 is 0 Å². The Morgan fingerprint density at radius 1 is 1.44 bits per heavy atom. The second kappa shape index (κ2) is 4.54. The highest BCUT2D eigenvalue weighted by molar-refractivity contribution is 6.10. The Kier molecular flexibility index (Phi) is 4.38. The topological polar surface area (TPSA) is 54.4 Å². The maximum Gasteiger partial charge on any atom is 0.310 e. The van der Waals surface area contributed by atoms with Crippen molar-refractivity contribution in [3.63, 3.8) is 0 Å². The molecule has 0 atom stereocenters. The van der Waals surface area contributed by atoms with Crippen molar-refractivity contribution < 1.29 is 14.7 Å². The average molecular weight is 144 g/mol. The number of carbonyl (C=O) groups is 2. The molecule has 9 heavy (non-hydrogen) atoms. The number of carbonyl (C=O) groups excluding carboxylic acids is 1. The van der Waals surface area contributed by atoms with Gasteiger partial charge in [0.2, 0.25) is 16.3 Å². The largest absolute Gasteiger partial charge is 0.481 e. The van der Waals surface area contributed by atoms with Gasteiger partial charge in [-0.2, -0.15) is 0 Å². The molecule has 0 bridgehead atoms. The lowest BCUT2D eigenvalue weighted by Crippen LogP contribution is -2.05. The highest BCUT2D eigenvalue weighted by Crippen LogP contribution is 1.91. The minimum absolute atomic E-state index is 0.155.